The molecule has 1 heterocycles. The topological polar surface area (TPSA) is 71.0 Å². The number of benzene rings is 2. The van der Waals surface area contributed by atoms with Crippen molar-refractivity contribution in [3.8, 4) is 5.75 Å². The van der Waals surface area contributed by atoms with E-state index in [0.717, 1.165) is 21.9 Å². The Balaban J connectivity index is 1.68. The first-order valence-electron chi connectivity index (χ1n) is 8.40. The van der Waals surface area contributed by atoms with Gasteiger partial charge in [0.15, 0.2) is 0 Å². The molecule has 6 nitrogen and oxygen atoms in total. The summed E-state index contributed by atoms with van der Waals surface area (Å²) in [6.07, 6.45) is 2.69. The SMILES string of the molecule is COc1ccc(/C=N\N2C(=O)N[C@](C)(CCc3ccccc3)C2=O)cc1. The Bertz CT molecular complexity index is 818. The van der Waals surface area contributed by atoms with Crippen molar-refractivity contribution in [3.05, 3.63) is 65.7 Å². The van der Waals surface area contributed by atoms with Gasteiger partial charge >= 0.3 is 6.03 Å². The summed E-state index contributed by atoms with van der Waals surface area (Å²) in [7, 11) is 1.59. The number of urea groups is 1. The predicted octanol–water partition coefficient (Wildman–Crippen LogP) is 2.97. The Labute approximate surface area is 152 Å². The van der Waals surface area contributed by atoms with Crippen LogP contribution < -0.4 is 10.1 Å². The third-order valence-corrected chi connectivity index (χ3v) is 4.43. The van der Waals surface area contributed by atoms with Gasteiger partial charge in [-0.15, -0.1) is 5.01 Å². The van der Waals surface area contributed by atoms with Crippen LogP contribution in [0.5, 0.6) is 5.75 Å². The average Bonchev–Trinajstić information content (AvgIpc) is 2.88. The fourth-order valence-electron chi connectivity index (χ4n) is 2.80. The van der Waals surface area contributed by atoms with Crippen LogP contribution in [0.3, 0.4) is 0 Å². The van der Waals surface area contributed by atoms with Crippen LogP contribution in [0.1, 0.15) is 24.5 Å². The van der Waals surface area contributed by atoms with Crippen molar-refractivity contribution in [3.63, 3.8) is 0 Å². The minimum Gasteiger partial charge on any atom is -0.497 e. The minimum atomic E-state index is -0.954. The number of methoxy groups -OCH3 is 1. The van der Waals surface area contributed by atoms with Crippen LogP contribution >= 0.6 is 0 Å². The lowest BCUT2D eigenvalue weighted by Gasteiger charge is -2.20. The molecule has 1 aliphatic rings. The summed E-state index contributed by atoms with van der Waals surface area (Å²) in [6.45, 7) is 1.74. The van der Waals surface area contributed by atoms with Gasteiger partial charge in [0.05, 0.1) is 13.3 Å². The van der Waals surface area contributed by atoms with Gasteiger partial charge in [0.1, 0.15) is 11.3 Å². The number of carbonyl (C=O) groups is 2. The number of imide groups is 1. The fourth-order valence-corrected chi connectivity index (χ4v) is 2.80. The highest BCUT2D eigenvalue weighted by atomic mass is 16.5. The molecule has 0 spiro atoms. The van der Waals surface area contributed by atoms with Gasteiger partial charge in [-0.05, 0) is 55.2 Å². The third-order valence-electron chi connectivity index (χ3n) is 4.43. The fraction of sp³-hybridized carbons (Fsp3) is 0.250. The number of amides is 3. The van der Waals surface area contributed by atoms with E-state index in [-0.39, 0.29) is 5.91 Å². The van der Waals surface area contributed by atoms with E-state index in [2.05, 4.69) is 10.4 Å². The normalized spacial score (nSPS) is 19.8. The zero-order chi connectivity index (χ0) is 18.6. The molecular weight excluding hydrogens is 330 g/mol. The Morgan fingerprint density at radius 1 is 1.12 bits per heavy atom. The molecule has 26 heavy (non-hydrogen) atoms. The van der Waals surface area contributed by atoms with Crippen molar-refractivity contribution in [1.82, 2.24) is 10.3 Å². The summed E-state index contributed by atoms with van der Waals surface area (Å²) in [4.78, 5) is 24.9. The molecule has 6 heteroatoms. The molecule has 1 saturated heterocycles. The molecule has 0 aromatic heterocycles. The first-order chi connectivity index (χ1) is 12.5. The summed E-state index contributed by atoms with van der Waals surface area (Å²) >= 11 is 0. The lowest BCUT2D eigenvalue weighted by Crippen LogP contribution is -2.44. The number of nitrogens with zero attached hydrogens (tertiary/aromatic N) is 2. The predicted molar refractivity (Wildman–Crippen MR) is 99.1 cm³/mol. The van der Waals surface area contributed by atoms with Crippen LogP contribution in [0.4, 0.5) is 4.79 Å². The highest BCUT2D eigenvalue weighted by molar-refractivity contribution is 6.07. The second kappa shape index (κ2) is 7.39. The van der Waals surface area contributed by atoms with Crippen LogP contribution in [0.25, 0.3) is 0 Å². The lowest BCUT2D eigenvalue weighted by molar-refractivity contribution is -0.130. The third kappa shape index (κ3) is 3.74. The minimum absolute atomic E-state index is 0.344. The molecule has 2 aromatic carbocycles. The number of carbonyl (C=O) groups excluding carboxylic acids is 2. The smallest absolute Gasteiger partial charge is 0.346 e. The zero-order valence-corrected chi connectivity index (χ0v) is 14.8. The molecule has 3 amide bonds. The van der Waals surface area contributed by atoms with E-state index in [4.69, 9.17) is 4.74 Å². The van der Waals surface area contributed by atoms with E-state index in [0.29, 0.717) is 12.8 Å². The lowest BCUT2D eigenvalue weighted by atomic mass is 9.93. The van der Waals surface area contributed by atoms with Crippen molar-refractivity contribution >= 4 is 18.2 Å². The molecule has 0 unspecified atom stereocenters. The Morgan fingerprint density at radius 2 is 1.81 bits per heavy atom. The first-order valence-corrected chi connectivity index (χ1v) is 8.40. The maximum atomic E-state index is 12.7. The highest BCUT2D eigenvalue weighted by Crippen LogP contribution is 2.23. The molecule has 0 radical (unpaired) electrons. The molecule has 0 aliphatic carbocycles. The van der Waals surface area contributed by atoms with Gasteiger partial charge < -0.3 is 10.1 Å². The van der Waals surface area contributed by atoms with E-state index in [9.17, 15) is 9.59 Å². The Kier molecular flexibility index (Phi) is 5.02. The molecule has 0 bridgehead atoms. The molecule has 2 aromatic rings. The van der Waals surface area contributed by atoms with Crippen LogP contribution in [-0.2, 0) is 11.2 Å². The van der Waals surface area contributed by atoms with Gasteiger partial charge in [0.2, 0.25) is 0 Å². The van der Waals surface area contributed by atoms with Gasteiger partial charge in [0, 0.05) is 0 Å². The highest BCUT2D eigenvalue weighted by Gasteiger charge is 2.47. The molecule has 0 saturated carbocycles. The van der Waals surface area contributed by atoms with E-state index in [1.54, 1.807) is 38.3 Å². The quantitative estimate of drug-likeness (QED) is 0.642. The first kappa shape index (κ1) is 17.7. The molecule has 134 valence electrons. The molecule has 1 N–H and O–H groups in total. The Morgan fingerprint density at radius 3 is 2.46 bits per heavy atom. The zero-order valence-electron chi connectivity index (χ0n) is 14.8. The van der Waals surface area contributed by atoms with Gasteiger partial charge in [-0.2, -0.15) is 5.10 Å². The van der Waals surface area contributed by atoms with Crippen LogP contribution in [0, 0.1) is 0 Å². The van der Waals surface area contributed by atoms with Gasteiger partial charge in [-0.3, -0.25) is 4.79 Å². The number of hydrazone groups is 1. The van der Waals surface area contributed by atoms with E-state index < -0.39 is 11.6 Å². The second-order valence-electron chi connectivity index (χ2n) is 6.38. The maximum Gasteiger partial charge on any atom is 0.346 e. The summed E-state index contributed by atoms with van der Waals surface area (Å²) in [5, 5.41) is 7.72. The summed E-state index contributed by atoms with van der Waals surface area (Å²) in [6, 6.07) is 16.5. The van der Waals surface area contributed by atoms with Crippen LogP contribution in [0.15, 0.2) is 59.7 Å². The van der Waals surface area contributed by atoms with Crippen LogP contribution in [-0.4, -0.2) is 35.8 Å². The van der Waals surface area contributed by atoms with Crippen molar-refractivity contribution < 1.29 is 14.3 Å². The number of ether oxygens (including phenoxy) is 1. The van der Waals surface area contributed by atoms with Gasteiger partial charge in [-0.25, -0.2) is 4.79 Å². The number of aryl methyl sites for hydroxylation is 1. The van der Waals surface area contributed by atoms with Crippen molar-refractivity contribution in [2.24, 2.45) is 5.10 Å². The van der Waals surface area contributed by atoms with Crippen molar-refractivity contribution in [2.45, 2.75) is 25.3 Å². The largest absolute Gasteiger partial charge is 0.497 e. The van der Waals surface area contributed by atoms with E-state index >= 15 is 0 Å². The average molecular weight is 351 g/mol. The molecule has 1 aliphatic heterocycles. The maximum absolute atomic E-state index is 12.7. The molecule has 1 fully saturated rings. The Hall–Kier alpha value is -3.15. The molecule has 3 rings (SSSR count). The van der Waals surface area contributed by atoms with Crippen LogP contribution in [0.2, 0.25) is 0 Å². The van der Waals surface area contributed by atoms with Gasteiger partial charge in [0.25, 0.3) is 5.91 Å². The summed E-state index contributed by atoms with van der Waals surface area (Å²) in [5.74, 6) is 0.383. The summed E-state index contributed by atoms with van der Waals surface area (Å²) < 4.78 is 5.10. The number of nitrogens with one attached hydrogen (secondary N) is 1. The standard InChI is InChI=1S/C20H21N3O3/c1-20(13-12-15-6-4-3-5-7-15)18(24)23(19(25)22-20)21-14-16-8-10-17(26-2)11-9-16/h3-11,14H,12-13H2,1-2H3,(H,22,25)/b21-14-/t20-/m1/s1. The second-order valence-corrected chi connectivity index (χ2v) is 6.38. The van der Waals surface area contributed by atoms with Crippen molar-refractivity contribution in [2.75, 3.05) is 7.11 Å². The van der Waals surface area contributed by atoms with Crippen molar-refractivity contribution in [1.29, 1.82) is 0 Å². The number of rotatable bonds is 6. The molecular formula is C20H21N3O3. The number of hydrogen-bond donors (Lipinski definition) is 1. The van der Waals surface area contributed by atoms with E-state index in [1.165, 1.54) is 6.21 Å². The van der Waals surface area contributed by atoms with Gasteiger partial charge in [-0.1, -0.05) is 30.3 Å². The molecule has 1 atom stereocenters. The van der Waals surface area contributed by atoms with E-state index in [1.807, 2.05) is 30.3 Å². The number of hydrogen-bond acceptors (Lipinski definition) is 4. The summed E-state index contributed by atoms with van der Waals surface area (Å²) in [5.41, 5.74) is 0.935. The monoisotopic (exact) mass is 351 g/mol.